The van der Waals surface area contributed by atoms with Crippen molar-refractivity contribution in [3.8, 4) is 10.6 Å². The summed E-state index contributed by atoms with van der Waals surface area (Å²) in [5, 5.41) is 9.83. The molecule has 0 radical (unpaired) electrons. The van der Waals surface area contributed by atoms with Gasteiger partial charge in [0.2, 0.25) is 5.91 Å². The maximum atomic E-state index is 12.3. The van der Waals surface area contributed by atoms with Crippen LogP contribution in [0.15, 0.2) is 36.0 Å². The number of rotatable bonds is 6. The Hall–Kier alpha value is -2.41. The molecule has 1 fully saturated rings. The summed E-state index contributed by atoms with van der Waals surface area (Å²) in [6.45, 7) is 4.62. The zero-order chi connectivity index (χ0) is 18.6. The topological polar surface area (TPSA) is 62.5 Å². The predicted octanol–water partition coefficient (Wildman–Crippen LogP) is 3.59. The van der Waals surface area contributed by atoms with Gasteiger partial charge in [-0.3, -0.25) is 4.79 Å². The number of nitrogens with zero attached hydrogens (tertiary/aromatic N) is 4. The monoisotopic (exact) mass is 383 g/mol. The fraction of sp³-hybridized carbons (Fsp3) is 0.450. The number of anilines is 1. The van der Waals surface area contributed by atoms with E-state index < -0.39 is 0 Å². The molecule has 1 saturated heterocycles. The van der Waals surface area contributed by atoms with Crippen LogP contribution in [0.4, 0.5) is 5.82 Å². The summed E-state index contributed by atoms with van der Waals surface area (Å²) >= 11 is 1.69. The highest BCUT2D eigenvalue weighted by Crippen LogP contribution is 2.29. The Labute approximate surface area is 163 Å². The van der Waals surface area contributed by atoms with Gasteiger partial charge in [0, 0.05) is 37.9 Å². The Morgan fingerprint density at radius 1 is 1.37 bits per heavy atom. The van der Waals surface area contributed by atoms with E-state index in [9.17, 15) is 4.79 Å². The second-order valence-electron chi connectivity index (χ2n) is 6.99. The highest BCUT2D eigenvalue weighted by molar-refractivity contribution is 7.13. The summed E-state index contributed by atoms with van der Waals surface area (Å²) < 4.78 is 1.90. The van der Waals surface area contributed by atoms with E-state index in [0.717, 1.165) is 67.2 Å². The smallest absolute Gasteiger partial charge is 0.223 e. The molecule has 0 aliphatic carbocycles. The van der Waals surface area contributed by atoms with Crippen molar-refractivity contribution in [1.29, 1.82) is 0 Å². The first-order chi connectivity index (χ1) is 13.3. The fourth-order valence-corrected chi connectivity index (χ4v) is 4.26. The Bertz CT molecular complexity index is 896. The van der Waals surface area contributed by atoms with Gasteiger partial charge in [-0.05, 0) is 36.8 Å². The number of hydrogen-bond acceptors (Lipinski definition) is 5. The number of thiophene rings is 1. The largest absolute Gasteiger partial charge is 0.356 e. The van der Waals surface area contributed by atoms with Crippen LogP contribution in [-0.4, -0.2) is 40.1 Å². The molecule has 7 heteroatoms. The molecule has 3 aromatic rings. The second kappa shape index (κ2) is 8.08. The number of carbonyl (C=O) groups is 1. The number of fused-ring (bicyclic) bond motifs is 1. The molecule has 4 heterocycles. The number of aromatic nitrogens is 3. The molecule has 0 atom stereocenters. The maximum absolute atomic E-state index is 12.3. The van der Waals surface area contributed by atoms with E-state index in [2.05, 4.69) is 39.6 Å². The summed E-state index contributed by atoms with van der Waals surface area (Å²) in [7, 11) is 0. The Kier molecular flexibility index (Phi) is 5.38. The van der Waals surface area contributed by atoms with Gasteiger partial charge >= 0.3 is 0 Å². The number of hydrogen-bond donors (Lipinski definition) is 1. The normalized spacial score (nSPS) is 15.4. The van der Waals surface area contributed by atoms with Crippen molar-refractivity contribution in [1.82, 2.24) is 19.9 Å². The minimum absolute atomic E-state index is 0.115. The van der Waals surface area contributed by atoms with Crippen LogP contribution in [0, 0.1) is 5.92 Å². The van der Waals surface area contributed by atoms with E-state index in [1.54, 1.807) is 17.5 Å². The number of unbranched alkanes of at least 4 members (excludes halogenated alkanes) is 1. The lowest BCUT2D eigenvalue weighted by molar-refractivity contribution is -0.125. The van der Waals surface area contributed by atoms with Crippen LogP contribution >= 0.6 is 11.3 Å². The third kappa shape index (κ3) is 3.83. The van der Waals surface area contributed by atoms with Crippen LogP contribution in [0.25, 0.3) is 16.1 Å². The maximum Gasteiger partial charge on any atom is 0.223 e. The first kappa shape index (κ1) is 18.0. The van der Waals surface area contributed by atoms with Gasteiger partial charge in [0.15, 0.2) is 5.82 Å². The molecule has 0 spiro atoms. The number of piperidine rings is 1. The van der Waals surface area contributed by atoms with Crippen molar-refractivity contribution in [3.63, 3.8) is 0 Å². The van der Waals surface area contributed by atoms with E-state index in [1.165, 1.54) is 0 Å². The van der Waals surface area contributed by atoms with E-state index in [1.807, 2.05) is 16.8 Å². The van der Waals surface area contributed by atoms with Gasteiger partial charge in [-0.1, -0.05) is 19.4 Å². The highest BCUT2D eigenvalue weighted by atomic mass is 32.1. The van der Waals surface area contributed by atoms with E-state index in [4.69, 9.17) is 5.10 Å². The Morgan fingerprint density at radius 2 is 2.22 bits per heavy atom. The van der Waals surface area contributed by atoms with Crippen molar-refractivity contribution in [2.45, 2.75) is 32.6 Å². The van der Waals surface area contributed by atoms with E-state index >= 15 is 0 Å². The molecule has 1 N–H and O–H groups in total. The van der Waals surface area contributed by atoms with Gasteiger partial charge in [-0.25, -0.2) is 9.50 Å². The third-order valence-electron chi connectivity index (χ3n) is 5.14. The lowest BCUT2D eigenvalue weighted by atomic mass is 9.96. The minimum atomic E-state index is 0.115. The molecule has 6 nitrogen and oxygen atoms in total. The molecule has 0 unspecified atom stereocenters. The van der Waals surface area contributed by atoms with Gasteiger partial charge < -0.3 is 10.2 Å². The van der Waals surface area contributed by atoms with Crippen molar-refractivity contribution in [2.75, 3.05) is 24.5 Å². The SMILES string of the molecule is CCCCNC(=O)C1CCN(c2nccn3nc(-c4cccs4)cc23)CC1. The van der Waals surface area contributed by atoms with Crippen molar-refractivity contribution < 1.29 is 4.79 Å². The minimum Gasteiger partial charge on any atom is -0.356 e. The van der Waals surface area contributed by atoms with Crippen molar-refractivity contribution in [3.05, 3.63) is 36.0 Å². The predicted molar refractivity (Wildman–Crippen MR) is 109 cm³/mol. The van der Waals surface area contributed by atoms with Crippen molar-refractivity contribution in [2.24, 2.45) is 5.92 Å². The first-order valence-electron chi connectivity index (χ1n) is 9.67. The van der Waals surface area contributed by atoms with Crippen molar-refractivity contribution >= 4 is 28.6 Å². The van der Waals surface area contributed by atoms with Gasteiger partial charge in [-0.2, -0.15) is 5.10 Å². The highest BCUT2D eigenvalue weighted by Gasteiger charge is 2.26. The van der Waals surface area contributed by atoms with E-state index in [-0.39, 0.29) is 11.8 Å². The lowest BCUT2D eigenvalue weighted by Crippen LogP contribution is -2.41. The summed E-state index contributed by atoms with van der Waals surface area (Å²) in [4.78, 5) is 20.4. The van der Waals surface area contributed by atoms with Crippen LogP contribution in [-0.2, 0) is 4.79 Å². The molecule has 1 aliphatic heterocycles. The summed E-state index contributed by atoms with van der Waals surface area (Å²) in [5.74, 6) is 1.28. The standard InChI is InChI=1S/C20H25N5OS/c1-2-3-8-22-20(26)15-6-10-24(11-7-15)19-17-14-16(18-5-4-13-27-18)23-25(17)12-9-21-19/h4-5,9,12-15H,2-3,6-8,10-11H2,1H3,(H,22,26). The zero-order valence-corrected chi connectivity index (χ0v) is 16.4. The molecule has 3 aromatic heterocycles. The van der Waals surface area contributed by atoms with Crippen LogP contribution in [0.5, 0.6) is 0 Å². The molecule has 1 amide bonds. The van der Waals surface area contributed by atoms with Crippen LogP contribution < -0.4 is 10.2 Å². The lowest BCUT2D eigenvalue weighted by Gasteiger charge is -2.32. The molecule has 27 heavy (non-hydrogen) atoms. The summed E-state index contributed by atoms with van der Waals surface area (Å²) in [6.07, 6.45) is 7.58. The Balaban J connectivity index is 1.47. The van der Waals surface area contributed by atoms with E-state index in [0.29, 0.717) is 0 Å². The fourth-order valence-electron chi connectivity index (χ4n) is 3.58. The number of nitrogens with one attached hydrogen (secondary N) is 1. The van der Waals surface area contributed by atoms with Gasteiger partial charge in [0.05, 0.1) is 4.88 Å². The van der Waals surface area contributed by atoms with Gasteiger partial charge in [-0.15, -0.1) is 11.3 Å². The first-order valence-corrected chi connectivity index (χ1v) is 10.5. The molecule has 142 valence electrons. The zero-order valence-electron chi connectivity index (χ0n) is 15.6. The molecule has 4 rings (SSSR count). The van der Waals surface area contributed by atoms with Gasteiger partial charge in [0.25, 0.3) is 0 Å². The Morgan fingerprint density at radius 3 is 2.96 bits per heavy atom. The second-order valence-corrected chi connectivity index (χ2v) is 7.94. The number of carbonyl (C=O) groups excluding carboxylic acids is 1. The third-order valence-corrected chi connectivity index (χ3v) is 6.03. The van der Waals surface area contributed by atoms with Crippen LogP contribution in [0.1, 0.15) is 32.6 Å². The molecule has 1 aliphatic rings. The molecule has 0 bridgehead atoms. The average molecular weight is 384 g/mol. The summed E-state index contributed by atoms with van der Waals surface area (Å²) in [6, 6.07) is 6.24. The quantitative estimate of drug-likeness (QED) is 0.661. The number of amides is 1. The van der Waals surface area contributed by atoms with Crippen LogP contribution in [0.3, 0.4) is 0 Å². The van der Waals surface area contributed by atoms with Crippen LogP contribution in [0.2, 0.25) is 0 Å². The molecule has 0 saturated carbocycles. The summed E-state index contributed by atoms with van der Waals surface area (Å²) in [5.41, 5.74) is 2.00. The molecular formula is C20H25N5OS. The molecular weight excluding hydrogens is 358 g/mol. The molecule has 0 aromatic carbocycles. The van der Waals surface area contributed by atoms with Gasteiger partial charge in [0.1, 0.15) is 11.2 Å². The average Bonchev–Trinajstić information content (AvgIpc) is 3.37.